The zero-order valence-electron chi connectivity index (χ0n) is 18.6. The summed E-state index contributed by atoms with van der Waals surface area (Å²) in [6.07, 6.45) is 4.09. The quantitative estimate of drug-likeness (QED) is 0.401. The van der Waals surface area contributed by atoms with Crippen molar-refractivity contribution in [2.24, 2.45) is 0 Å². The number of carbonyl (C=O) groups excluding carboxylic acids is 1. The topological polar surface area (TPSA) is 75.9 Å². The van der Waals surface area contributed by atoms with Crippen LogP contribution < -0.4 is 15.6 Å². The number of pyridine rings is 1. The second kappa shape index (κ2) is 9.76. The van der Waals surface area contributed by atoms with Crippen LogP contribution in [0.5, 0.6) is 5.75 Å². The summed E-state index contributed by atoms with van der Waals surface area (Å²) in [7, 11) is 1.62. The first-order valence-corrected chi connectivity index (χ1v) is 11.8. The van der Waals surface area contributed by atoms with E-state index in [4.69, 9.17) is 21.9 Å². The summed E-state index contributed by atoms with van der Waals surface area (Å²) in [4.78, 5) is 33.1. The van der Waals surface area contributed by atoms with Crippen LogP contribution in [0.15, 0.2) is 52.3 Å². The van der Waals surface area contributed by atoms with Crippen LogP contribution in [0.2, 0.25) is 0 Å². The van der Waals surface area contributed by atoms with Crippen LogP contribution in [0.3, 0.4) is 0 Å². The number of methoxy groups -OCH3 is 1. The van der Waals surface area contributed by atoms with Crippen molar-refractivity contribution in [2.75, 3.05) is 19.0 Å². The number of aromatic nitrogens is 2. The summed E-state index contributed by atoms with van der Waals surface area (Å²) in [6, 6.07) is 11.4. The second-order valence-electron chi connectivity index (χ2n) is 7.60. The highest BCUT2D eigenvalue weighted by atomic mass is 32.2. The van der Waals surface area contributed by atoms with E-state index in [0.29, 0.717) is 39.3 Å². The molecule has 1 fully saturated rings. The molecule has 0 spiro atoms. The average molecular weight is 481 g/mol. The molecule has 1 N–H and O–H groups in total. The predicted molar refractivity (Wildman–Crippen MR) is 137 cm³/mol. The number of benzene rings is 1. The Hall–Kier alpha value is -3.17. The molecule has 0 radical (unpaired) electrons. The van der Waals surface area contributed by atoms with Gasteiger partial charge in [-0.25, -0.2) is 4.98 Å². The van der Waals surface area contributed by atoms with E-state index in [1.54, 1.807) is 30.3 Å². The highest BCUT2D eigenvalue weighted by Gasteiger charge is 2.32. The highest BCUT2D eigenvalue weighted by Crippen LogP contribution is 2.33. The highest BCUT2D eigenvalue weighted by molar-refractivity contribution is 8.26. The summed E-state index contributed by atoms with van der Waals surface area (Å²) >= 11 is 6.59. The van der Waals surface area contributed by atoms with Gasteiger partial charge >= 0.3 is 0 Å². The van der Waals surface area contributed by atoms with Gasteiger partial charge in [0.15, 0.2) is 0 Å². The molecule has 0 aliphatic carbocycles. The third-order valence-corrected chi connectivity index (χ3v) is 6.68. The number of hydrogen-bond acceptors (Lipinski definition) is 7. The summed E-state index contributed by atoms with van der Waals surface area (Å²) in [5.41, 5.74) is 2.52. The van der Waals surface area contributed by atoms with Crippen LogP contribution >= 0.6 is 24.0 Å². The zero-order chi connectivity index (χ0) is 23.5. The maximum atomic E-state index is 13.4. The van der Waals surface area contributed by atoms with Gasteiger partial charge in [-0.3, -0.25) is 18.9 Å². The number of nitrogens with one attached hydrogen (secondary N) is 1. The Morgan fingerprint density at radius 2 is 1.97 bits per heavy atom. The Bertz CT molecular complexity index is 1320. The van der Waals surface area contributed by atoms with Crippen LogP contribution in [0, 0.1) is 6.92 Å². The number of nitrogens with zero attached hydrogens (tertiary/aromatic N) is 3. The maximum absolute atomic E-state index is 13.4. The lowest BCUT2D eigenvalue weighted by Gasteiger charge is -2.13. The van der Waals surface area contributed by atoms with Crippen molar-refractivity contribution in [3.05, 3.63) is 74.5 Å². The molecule has 170 valence electrons. The molecule has 1 aliphatic heterocycles. The number of thioether (sulfide) groups is 1. The van der Waals surface area contributed by atoms with Gasteiger partial charge in [0.05, 0.1) is 17.6 Å². The number of thiocarbonyl (C=S) groups is 1. The zero-order valence-corrected chi connectivity index (χ0v) is 20.3. The van der Waals surface area contributed by atoms with Crippen molar-refractivity contribution in [1.82, 2.24) is 14.3 Å². The molecule has 0 saturated carbocycles. The number of rotatable bonds is 7. The molecule has 9 heteroatoms. The van der Waals surface area contributed by atoms with Gasteiger partial charge in [-0.05, 0) is 48.7 Å². The molecule has 3 aromatic rings. The van der Waals surface area contributed by atoms with Crippen LogP contribution in [-0.2, 0) is 11.3 Å². The van der Waals surface area contributed by atoms with Crippen molar-refractivity contribution in [2.45, 2.75) is 26.8 Å². The second-order valence-corrected chi connectivity index (χ2v) is 9.27. The minimum Gasteiger partial charge on any atom is -0.497 e. The lowest BCUT2D eigenvalue weighted by Crippen LogP contribution is -2.28. The largest absolute Gasteiger partial charge is 0.497 e. The van der Waals surface area contributed by atoms with Crippen LogP contribution in [-0.4, -0.2) is 38.2 Å². The van der Waals surface area contributed by atoms with E-state index in [9.17, 15) is 9.59 Å². The Morgan fingerprint density at radius 1 is 1.21 bits per heavy atom. The normalized spacial score (nSPS) is 15.0. The predicted octanol–water partition coefficient (Wildman–Crippen LogP) is 4.23. The van der Waals surface area contributed by atoms with Crippen LogP contribution in [0.1, 0.15) is 30.0 Å². The fraction of sp³-hybridized carbons (Fsp3) is 0.250. The lowest BCUT2D eigenvalue weighted by molar-refractivity contribution is -0.122. The van der Waals surface area contributed by atoms with Gasteiger partial charge in [0.1, 0.15) is 21.5 Å². The number of hydrogen-bond donors (Lipinski definition) is 1. The third-order valence-electron chi connectivity index (χ3n) is 5.30. The molecule has 1 aromatic carbocycles. The Labute approximate surface area is 201 Å². The minimum atomic E-state index is -0.248. The molecule has 3 heterocycles. The van der Waals surface area contributed by atoms with Crippen molar-refractivity contribution in [3.63, 3.8) is 0 Å². The fourth-order valence-corrected chi connectivity index (χ4v) is 4.84. The third kappa shape index (κ3) is 4.65. The summed E-state index contributed by atoms with van der Waals surface area (Å²) in [5, 5.41) is 3.29. The number of ether oxygens (including phenoxy) is 1. The van der Waals surface area contributed by atoms with Gasteiger partial charge in [-0.1, -0.05) is 49.1 Å². The standard InChI is InChI=1S/C24H24N4O3S2/c1-4-11-28-23(30)19(33-24(28)32)13-18-20(25-14-16-7-9-17(31-3)10-8-16)26-21-15(2)6-5-12-27(21)22(18)29/h5-10,12-13,25H,4,11,14H2,1-3H3. The van der Waals surface area contributed by atoms with E-state index in [1.165, 1.54) is 16.2 Å². The molecule has 1 aliphatic rings. The molecule has 1 saturated heterocycles. The number of aryl methyl sites for hydroxylation is 1. The van der Waals surface area contributed by atoms with Gasteiger partial charge in [0.25, 0.3) is 11.5 Å². The molecule has 0 atom stereocenters. The summed E-state index contributed by atoms with van der Waals surface area (Å²) < 4.78 is 7.23. The number of anilines is 1. The Balaban J connectivity index is 1.77. The summed E-state index contributed by atoms with van der Waals surface area (Å²) in [6.45, 7) is 4.91. The van der Waals surface area contributed by atoms with Gasteiger partial charge in [-0.15, -0.1) is 0 Å². The molecule has 33 heavy (non-hydrogen) atoms. The van der Waals surface area contributed by atoms with E-state index < -0.39 is 0 Å². The maximum Gasteiger partial charge on any atom is 0.267 e. The first-order valence-electron chi connectivity index (χ1n) is 10.6. The van der Waals surface area contributed by atoms with E-state index in [0.717, 1.165) is 23.3 Å². The van der Waals surface area contributed by atoms with Gasteiger partial charge < -0.3 is 10.1 Å². The van der Waals surface area contributed by atoms with Gasteiger partial charge in [-0.2, -0.15) is 0 Å². The fourth-order valence-electron chi connectivity index (χ4n) is 3.55. The Kier molecular flexibility index (Phi) is 6.80. The first kappa shape index (κ1) is 23.0. The van der Waals surface area contributed by atoms with E-state index in [2.05, 4.69) is 5.32 Å². The van der Waals surface area contributed by atoms with Crippen molar-refractivity contribution in [1.29, 1.82) is 0 Å². The molecule has 2 aromatic heterocycles. The number of amides is 1. The van der Waals surface area contributed by atoms with Crippen LogP contribution in [0.25, 0.3) is 11.7 Å². The molecule has 0 unspecified atom stereocenters. The Morgan fingerprint density at radius 3 is 2.67 bits per heavy atom. The lowest BCUT2D eigenvalue weighted by atomic mass is 10.2. The average Bonchev–Trinajstić information content (AvgIpc) is 3.08. The van der Waals surface area contributed by atoms with Gasteiger partial charge in [0.2, 0.25) is 0 Å². The smallest absolute Gasteiger partial charge is 0.267 e. The molecule has 1 amide bonds. The monoisotopic (exact) mass is 480 g/mol. The number of fused-ring (bicyclic) bond motifs is 1. The molecule has 7 nitrogen and oxygen atoms in total. The van der Waals surface area contributed by atoms with Crippen molar-refractivity contribution < 1.29 is 9.53 Å². The minimum absolute atomic E-state index is 0.179. The SMILES string of the molecule is CCCN1C(=O)C(=Cc2c(NCc3ccc(OC)cc3)nc3c(C)cccn3c2=O)SC1=S. The molecular weight excluding hydrogens is 456 g/mol. The van der Waals surface area contributed by atoms with E-state index in [1.807, 2.05) is 44.2 Å². The van der Waals surface area contributed by atoms with Crippen LogP contribution in [0.4, 0.5) is 5.82 Å². The molecular formula is C24H24N4O3S2. The first-order chi connectivity index (χ1) is 15.9. The molecule has 4 rings (SSSR count). The summed E-state index contributed by atoms with van der Waals surface area (Å²) in [5.74, 6) is 1.01. The number of carbonyl (C=O) groups is 1. The van der Waals surface area contributed by atoms with Gasteiger partial charge in [0, 0.05) is 19.3 Å². The van der Waals surface area contributed by atoms with E-state index >= 15 is 0 Å². The van der Waals surface area contributed by atoms with E-state index in [-0.39, 0.29) is 11.5 Å². The van der Waals surface area contributed by atoms with Crippen molar-refractivity contribution in [3.8, 4) is 5.75 Å². The van der Waals surface area contributed by atoms with Crippen molar-refractivity contribution >= 4 is 51.7 Å². The molecule has 0 bridgehead atoms.